The van der Waals surface area contributed by atoms with Gasteiger partial charge in [-0.3, -0.25) is 4.79 Å². The molecule has 2 N–H and O–H groups in total. The lowest BCUT2D eigenvalue weighted by Crippen LogP contribution is -2.12. The number of hydrogen-bond acceptors (Lipinski definition) is 6. The van der Waals surface area contributed by atoms with Crippen LogP contribution >= 0.6 is 0 Å². The standard InChI is InChI=1S/C28H41N3O3/c1-6-7-8-9-10-13-18-34-26(32)17-16-21-19-22(28(2,3)4)27(33)25(20-21)31-30-24-15-12-11-14-23(24)29-5/h11-12,14-15,19-20,29,33H,6-10,13,16-18H2,1-5H3. The monoisotopic (exact) mass is 467 g/mol. The van der Waals surface area contributed by atoms with E-state index in [9.17, 15) is 9.90 Å². The van der Waals surface area contributed by atoms with Gasteiger partial charge in [0.05, 0.1) is 12.3 Å². The number of phenols is 1. The molecule has 0 bridgehead atoms. The highest BCUT2D eigenvalue weighted by Crippen LogP contribution is 2.40. The molecule has 0 heterocycles. The topological polar surface area (TPSA) is 83.3 Å². The van der Waals surface area contributed by atoms with E-state index in [4.69, 9.17) is 4.74 Å². The number of aryl methyl sites for hydroxylation is 1. The summed E-state index contributed by atoms with van der Waals surface area (Å²) in [5.74, 6) is -0.0716. The average Bonchev–Trinajstić information content (AvgIpc) is 2.81. The van der Waals surface area contributed by atoms with Crippen LogP contribution in [0.1, 0.15) is 83.8 Å². The predicted molar refractivity (Wildman–Crippen MR) is 140 cm³/mol. The Hall–Kier alpha value is -2.89. The molecule has 0 aliphatic carbocycles. The predicted octanol–water partition coefficient (Wildman–Crippen LogP) is 7.98. The molecule has 0 radical (unpaired) electrons. The lowest BCUT2D eigenvalue weighted by atomic mass is 9.84. The number of nitrogens with one attached hydrogen (secondary N) is 1. The molecule has 0 atom stereocenters. The van der Waals surface area contributed by atoms with E-state index in [1.165, 1.54) is 25.7 Å². The molecule has 0 aliphatic heterocycles. The van der Waals surface area contributed by atoms with Crippen LogP contribution in [0, 0.1) is 0 Å². The van der Waals surface area contributed by atoms with Gasteiger partial charge in [0, 0.05) is 19.0 Å². The first-order chi connectivity index (χ1) is 16.3. The summed E-state index contributed by atoms with van der Waals surface area (Å²) in [6.45, 7) is 8.81. The molecule has 0 saturated carbocycles. The summed E-state index contributed by atoms with van der Waals surface area (Å²) in [7, 11) is 1.83. The van der Waals surface area contributed by atoms with Crippen molar-refractivity contribution >= 4 is 23.0 Å². The lowest BCUT2D eigenvalue weighted by Gasteiger charge is -2.22. The molecule has 0 saturated heterocycles. The van der Waals surface area contributed by atoms with Crippen molar-refractivity contribution < 1.29 is 14.6 Å². The zero-order chi connectivity index (χ0) is 25.0. The summed E-state index contributed by atoms with van der Waals surface area (Å²) in [5.41, 5.74) is 3.35. The fourth-order valence-electron chi connectivity index (χ4n) is 3.74. The van der Waals surface area contributed by atoms with Crippen LogP contribution in [0.2, 0.25) is 0 Å². The van der Waals surface area contributed by atoms with Gasteiger partial charge in [-0.1, -0.05) is 78.0 Å². The molecule has 6 heteroatoms. The van der Waals surface area contributed by atoms with E-state index in [2.05, 4.69) is 22.5 Å². The Morgan fingerprint density at radius 1 is 1.00 bits per heavy atom. The van der Waals surface area contributed by atoms with Crippen LogP contribution in [0.15, 0.2) is 46.6 Å². The third-order valence-electron chi connectivity index (χ3n) is 5.78. The highest BCUT2D eigenvalue weighted by atomic mass is 16.5. The number of carbonyl (C=O) groups is 1. The summed E-state index contributed by atoms with van der Waals surface area (Å²) in [6.07, 6.45) is 7.79. The molecule has 186 valence electrons. The van der Waals surface area contributed by atoms with Crippen LogP contribution in [0.3, 0.4) is 0 Å². The second-order valence-electron chi connectivity index (χ2n) is 9.72. The van der Waals surface area contributed by atoms with Gasteiger partial charge in [0.15, 0.2) is 0 Å². The van der Waals surface area contributed by atoms with Gasteiger partial charge in [0.25, 0.3) is 0 Å². The van der Waals surface area contributed by atoms with Gasteiger partial charge in [-0.05, 0) is 42.0 Å². The maximum absolute atomic E-state index is 12.2. The van der Waals surface area contributed by atoms with E-state index in [1.807, 2.05) is 58.2 Å². The number of anilines is 1. The van der Waals surface area contributed by atoms with Gasteiger partial charge in [0.2, 0.25) is 0 Å². The van der Waals surface area contributed by atoms with Gasteiger partial charge in [0.1, 0.15) is 17.1 Å². The van der Waals surface area contributed by atoms with Crippen molar-refractivity contribution in [3.05, 3.63) is 47.5 Å². The Labute approximate surface area is 204 Å². The maximum Gasteiger partial charge on any atom is 0.306 e. The molecule has 6 nitrogen and oxygen atoms in total. The van der Waals surface area contributed by atoms with Crippen molar-refractivity contribution in [1.29, 1.82) is 0 Å². The Morgan fingerprint density at radius 2 is 1.68 bits per heavy atom. The Bertz CT molecular complexity index is 948. The molecule has 2 aromatic carbocycles. The Balaban J connectivity index is 2.07. The van der Waals surface area contributed by atoms with E-state index in [-0.39, 0.29) is 17.1 Å². The van der Waals surface area contributed by atoms with E-state index in [1.54, 1.807) is 6.07 Å². The zero-order valence-electron chi connectivity index (χ0n) is 21.5. The van der Waals surface area contributed by atoms with Crippen LogP contribution in [0.25, 0.3) is 0 Å². The fraction of sp³-hybridized carbons (Fsp3) is 0.536. The molecule has 0 unspecified atom stereocenters. The molecule has 0 aliphatic rings. The third kappa shape index (κ3) is 8.81. The van der Waals surface area contributed by atoms with E-state index >= 15 is 0 Å². The number of aromatic hydroxyl groups is 1. The van der Waals surface area contributed by atoms with Gasteiger partial charge >= 0.3 is 5.97 Å². The number of unbranched alkanes of at least 4 members (excludes halogenated alkanes) is 5. The normalized spacial score (nSPS) is 11.7. The molecular formula is C28H41N3O3. The molecule has 0 fully saturated rings. The molecule has 0 aromatic heterocycles. The number of benzene rings is 2. The first-order valence-corrected chi connectivity index (χ1v) is 12.5. The number of nitrogens with zero attached hydrogens (tertiary/aromatic N) is 2. The summed E-state index contributed by atoms with van der Waals surface area (Å²) in [5, 5.41) is 22.7. The van der Waals surface area contributed by atoms with E-state index < -0.39 is 0 Å². The highest BCUT2D eigenvalue weighted by Gasteiger charge is 2.22. The fourth-order valence-corrected chi connectivity index (χ4v) is 3.74. The number of hydrogen-bond donors (Lipinski definition) is 2. The SMILES string of the molecule is CCCCCCCCOC(=O)CCc1cc(N=Nc2ccccc2NC)c(O)c(C(C)(C)C)c1. The minimum atomic E-state index is -0.286. The largest absolute Gasteiger partial charge is 0.505 e. The average molecular weight is 468 g/mol. The number of carbonyl (C=O) groups excluding carboxylic acids is 1. The summed E-state index contributed by atoms with van der Waals surface area (Å²) in [4.78, 5) is 12.2. The van der Waals surface area contributed by atoms with E-state index in [0.717, 1.165) is 29.7 Å². The van der Waals surface area contributed by atoms with Crippen LogP contribution in [0.5, 0.6) is 5.75 Å². The van der Waals surface area contributed by atoms with Crippen LogP contribution < -0.4 is 5.32 Å². The molecule has 0 spiro atoms. The number of phenolic OH excluding ortho intramolecular Hbond substituents is 1. The van der Waals surface area contributed by atoms with Gasteiger partial charge in [-0.15, -0.1) is 10.2 Å². The number of rotatable bonds is 13. The van der Waals surface area contributed by atoms with Gasteiger partial charge < -0.3 is 15.2 Å². The second kappa shape index (κ2) is 13.7. The van der Waals surface area contributed by atoms with Gasteiger partial charge in [-0.25, -0.2) is 0 Å². The quantitative estimate of drug-likeness (QED) is 0.178. The van der Waals surface area contributed by atoms with Crippen molar-refractivity contribution in [2.45, 2.75) is 84.5 Å². The Morgan fingerprint density at radius 3 is 2.38 bits per heavy atom. The minimum absolute atomic E-state index is 0.118. The third-order valence-corrected chi connectivity index (χ3v) is 5.78. The summed E-state index contributed by atoms with van der Waals surface area (Å²) < 4.78 is 5.42. The van der Waals surface area contributed by atoms with E-state index in [0.29, 0.717) is 30.8 Å². The smallest absolute Gasteiger partial charge is 0.306 e. The van der Waals surface area contributed by atoms with Crippen molar-refractivity contribution in [3.8, 4) is 5.75 Å². The van der Waals surface area contributed by atoms with Crippen LogP contribution in [0.4, 0.5) is 17.1 Å². The molecule has 2 rings (SSSR count). The van der Waals surface area contributed by atoms with Crippen LogP contribution in [-0.4, -0.2) is 24.7 Å². The minimum Gasteiger partial charge on any atom is -0.505 e. The van der Waals surface area contributed by atoms with Crippen LogP contribution in [-0.2, 0) is 21.4 Å². The first kappa shape index (κ1) is 27.4. The summed E-state index contributed by atoms with van der Waals surface area (Å²) in [6, 6.07) is 11.4. The molecule has 0 amide bonds. The van der Waals surface area contributed by atoms with Crippen molar-refractivity contribution in [2.75, 3.05) is 19.0 Å². The van der Waals surface area contributed by atoms with Crippen molar-refractivity contribution in [1.82, 2.24) is 0 Å². The number of ether oxygens (including phenoxy) is 1. The first-order valence-electron chi connectivity index (χ1n) is 12.5. The number of para-hydroxylation sites is 1. The molecular weight excluding hydrogens is 426 g/mol. The van der Waals surface area contributed by atoms with Gasteiger partial charge in [-0.2, -0.15) is 0 Å². The zero-order valence-corrected chi connectivity index (χ0v) is 21.5. The Kier molecular flexibility index (Phi) is 11.0. The van der Waals surface area contributed by atoms with Crippen molar-refractivity contribution in [3.63, 3.8) is 0 Å². The highest BCUT2D eigenvalue weighted by molar-refractivity contribution is 5.70. The number of esters is 1. The lowest BCUT2D eigenvalue weighted by molar-refractivity contribution is -0.143. The molecule has 2 aromatic rings. The van der Waals surface area contributed by atoms with Crippen molar-refractivity contribution in [2.24, 2.45) is 10.2 Å². The second-order valence-corrected chi connectivity index (χ2v) is 9.72. The maximum atomic E-state index is 12.2. The summed E-state index contributed by atoms with van der Waals surface area (Å²) >= 11 is 0. The number of azo groups is 1. The molecule has 34 heavy (non-hydrogen) atoms.